The van der Waals surface area contributed by atoms with Crippen LogP contribution in [0.4, 0.5) is 5.69 Å². The number of hydrogen-bond donors (Lipinski definition) is 3. The fourth-order valence-electron chi connectivity index (χ4n) is 2.14. The molecule has 0 heterocycles. The second-order valence-corrected chi connectivity index (χ2v) is 5.95. The number of fused-ring (bicyclic) bond motifs is 1. The molecule has 0 aliphatic rings. The van der Waals surface area contributed by atoms with Crippen LogP contribution in [0.2, 0.25) is 0 Å². The number of hydrogen-bond acceptors (Lipinski definition) is 3. The van der Waals surface area contributed by atoms with Crippen molar-refractivity contribution in [2.24, 2.45) is 5.92 Å². The van der Waals surface area contributed by atoms with Crippen molar-refractivity contribution < 1.29 is 14.7 Å². The Morgan fingerprint density at radius 2 is 1.70 bits per heavy atom. The lowest BCUT2D eigenvalue weighted by Gasteiger charge is -2.15. The molecule has 0 aliphatic carbocycles. The lowest BCUT2D eigenvalue weighted by molar-refractivity contribution is -0.118. The highest BCUT2D eigenvalue weighted by molar-refractivity contribution is 6.08. The molecule has 0 radical (unpaired) electrons. The Morgan fingerprint density at radius 3 is 2.26 bits per heavy atom. The summed E-state index contributed by atoms with van der Waals surface area (Å²) in [4.78, 5) is 24.4. The van der Waals surface area contributed by atoms with Crippen LogP contribution in [0.1, 0.15) is 31.1 Å². The van der Waals surface area contributed by atoms with E-state index in [4.69, 9.17) is 0 Å². The molecule has 0 fully saturated rings. The predicted octanol–water partition coefficient (Wildman–Crippen LogP) is 2.54. The van der Waals surface area contributed by atoms with Crippen molar-refractivity contribution in [1.29, 1.82) is 0 Å². The smallest absolute Gasteiger partial charge is 0.253 e. The van der Waals surface area contributed by atoms with Crippen molar-refractivity contribution in [1.82, 2.24) is 5.32 Å². The van der Waals surface area contributed by atoms with Crippen molar-refractivity contribution in [3.8, 4) is 0 Å². The predicted molar refractivity (Wildman–Crippen MR) is 91.4 cm³/mol. The van der Waals surface area contributed by atoms with Crippen LogP contribution in [0.15, 0.2) is 36.4 Å². The second-order valence-electron chi connectivity index (χ2n) is 5.95. The summed E-state index contributed by atoms with van der Waals surface area (Å²) in [6, 6.07) is 11.2. The van der Waals surface area contributed by atoms with Crippen LogP contribution in [-0.4, -0.2) is 29.6 Å². The number of nitrogens with one attached hydrogen (secondary N) is 2. The third-order valence-electron chi connectivity index (χ3n) is 3.47. The first-order valence-corrected chi connectivity index (χ1v) is 7.68. The van der Waals surface area contributed by atoms with Gasteiger partial charge in [-0.05, 0) is 29.8 Å². The van der Waals surface area contributed by atoms with Crippen molar-refractivity contribution in [2.45, 2.75) is 26.9 Å². The van der Waals surface area contributed by atoms with E-state index in [-0.39, 0.29) is 24.3 Å². The Hall–Kier alpha value is -2.40. The molecule has 122 valence electrons. The van der Waals surface area contributed by atoms with Crippen LogP contribution in [0, 0.1) is 5.92 Å². The summed E-state index contributed by atoms with van der Waals surface area (Å²) in [7, 11) is 0. The quantitative estimate of drug-likeness (QED) is 0.793. The third kappa shape index (κ3) is 4.29. The Kier molecular flexibility index (Phi) is 5.34. The Morgan fingerprint density at radius 1 is 1.09 bits per heavy atom. The zero-order chi connectivity index (χ0) is 17.0. The van der Waals surface area contributed by atoms with E-state index in [0.29, 0.717) is 11.3 Å². The largest absolute Gasteiger partial charge is 0.392 e. The van der Waals surface area contributed by atoms with Gasteiger partial charge in [-0.15, -0.1) is 0 Å². The van der Waals surface area contributed by atoms with Crippen molar-refractivity contribution in [3.63, 3.8) is 0 Å². The Bertz CT molecular complexity index is 723. The maximum absolute atomic E-state index is 12.4. The number of carbonyl (C=O) groups excluding carboxylic acids is 2. The molecular formula is C18H22N2O3. The van der Waals surface area contributed by atoms with Gasteiger partial charge in [0, 0.05) is 12.5 Å². The monoisotopic (exact) mass is 314 g/mol. The molecule has 0 aromatic heterocycles. The molecule has 0 aliphatic heterocycles. The summed E-state index contributed by atoms with van der Waals surface area (Å²) < 4.78 is 0. The molecule has 23 heavy (non-hydrogen) atoms. The minimum absolute atomic E-state index is 0.148. The normalized spacial score (nSPS) is 12.2. The van der Waals surface area contributed by atoms with Gasteiger partial charge in [-0.25, -0.2) is 0 Å². The molecule has 2 rings (SSSR count). The van der Waals surface area contributed by atoms with E-state index in [9.17, 15) is 14.7 Å². The molecule has 2 aromatic carbocycles. The fourth-order valence-corrected chi connectivity index (χ4v) is 2.14. The van der Waals surface area contributed by atoms with Crippen molar-refractivity contribution in [3.05, 3.63) is 42.0 Å². The molecule has 1 unspecified atom stereocenters. The van der Waals surface area contributed by atoms with Crippen LogP contribution < -0.4 is 10.6 Å². The summed E-state index contributed by atoms with van der Waals surface area (Å²) in [6.45, 7) is 5.35. The van der Waals surface area contributed by atoms with Gasteiger partial charge in [-0.1, -0.05) is 38.1 Å². The van der Waals surface area contributed by atoms with E-state index < -0.39 is 6.10 Å². The molecule has 5 nitrogen and oxygen atoms in total. The van der Waals surface area contributed by atoms with E-state index in [1.165, 1.54) is 0 Å². The maximum Gasteiger partial charge on any atom is 0.253 e. The van der Waals surface area contributed by atoms with Crippen LogP contribution in [0.3, 0.4) is 0 Å². The molecule has 2 aromatic rings. The highest BCUT2D eigenvalue weighted by atomic mass is 16.3. The van der Waals surface area contributed by atoms with Crippen LogP contribution in [-0.2, 0) is 4.79 Å². The second kappa shape index (κ2) is 7.24. The van der Waals surface area contributed by atoms with Crippen molar-refractivity contribution >= 4 is 28.3 Å². The van der Waals surface area contributed by atoms with Gasteiger partial charge in [0.05, 0.1) is 17.4 Å². The van der Waals surface area contributed by atoms with E-state index in [0.717, 1.165) is 10.8 Å². The minimum atomic E-state index is -0.631. The molecule has 5 heteroatoms. The van der Waals surface area contributed by atoms with E-state index in [1.54, 1.807) is 32.9 Å². The van der Waals surface area contributed by atoms with Gasteiger partial charge in [0.25, 0.3) is 5.91 Å². The topological polar surface area (TPSA) is 78.4 Å². The van der Waals surface area contributed by atoms with Crippen LogP contribution in [0.25, 0.3) is 10.8 Å². The first-order chi connectivity index (χ1) is 10.9. The molecule has 3 N–H and O–H groups in total. The standard InChI is InChI=1S/C18H22N2O3/c1-11(2)17(22)20-16-9-14-7-5-4-6-13(14)8-15(16)18(23)19-10-12(3)21/h4-9,11-12,21H,10H2,1-3H3,(H,19,23)(H,20,22). The number of amides is 2. The number of aliphatic hydroxyl groups is 1. The molecule has 2 amide bonds. The average Bonchev–Trinajstić information content (AvgIpc) is 2.51. The molecule has 0 bridgehead atoms. The zero-order valence-corrected chi connectivity index (χ0v) is 13.6. The van der Waals surface area contributed by atoms with E-state index >= 15 is 0 Å². The number of aliphatic hydroxyl groups excluding tert-OH is 1. The zero-order valence-electron chi connectivity index (χ0n) is 13.6. The first kappa shape index (κ1) is 17.0. The molecule has 0 spiro atoms. The molecule has 0 saturated carbocycles. The van der Waals surface area contributed by atoms with Gasteiger partial charge < -0.3 is 15.7 Å². The highest BCUT2D eigenvalue weighted by Crippen LogP contribution is 2.24. The molecular weight excluding hydrogens is 292 g/mol. The van der Waals surface area contributed by atoms with Gasteiger partial charge in [-0.3, -0.25) is 9.59 Å². The highest BCUT2D eigenvalue weighted by Gasteiger charge is 2.16. The van der Waals surface area contributed by atoms with Gasteiger partial charge in [0.2, 0.25) is 5.91 Å². The summed E-state index contributed by atoms with van der Waals surface area (Å²) in [5, 5.41) is 16.7. The van der Waals surface area contributed by atoms with Gasteiger partial charge in [-0.2, -0.15) is 0 Å². The van der Waals surface area contributed by atoms with Crippen LogP contribution >= 0.6 is 0 Å². The Labute approximate surface area is 135 Å². The summed E-state index contributed by atoms with van der Waals surface area (Å²) >= 11 is 0. The van der Waals surface area contributed by atoms with Gasteiger partial charge in [0.15, 0.2) is 0 Å². The lowest BCUT2D eigenvalue weighted by Crippen LogP contribution is -2.31. The van der Waals surface area contributed by atoms with Gasteiger partial charge >= 0.3 is 0 Å². The summed E-state index contributed by atoms with van der Waals surface area (Å²) in [5.41, 5.74) is 0.865. The third-order valence-corrected chi connectivity index (χ3v) is 3.47. The SMILES string of the molecule is CC(O)CNC(=O)c1cc2ccccc2cc1NC(=O)C(C)C. The van der Waals surface area contributed by atoms with Gasteiger partial charge in [0.1, 0.15) is 0 Å². The number of carbonyl (C=O) groups is 2. The molecule has 1 atom stereocenters. The Balaban J connectivity index is 2.41. The summed E-state index contributed by atoms with van der Waals surface area (Å²) in [5.74, 6) is -0.657. The lowest BCUT2D eigenvalue weighted by atomic mass is 10.0. The van der Waals surface area contributed by atoms with E-state index in [1.807, 2.05) is 24.3 Å². The number of anilines is 1. The van der Waals surface area contributed by atoms with Crippen LogP contribution in [0.5, 0.6) is 0 Å². The number of rotatable bonds is 5. The maximum atomic E-state index is 12.4. The van der Waals surface area contributed by atoms with E-state index in [2.05, 4.69) is 10.6 Å². The van der Waals surface area contributed by atoms with Crippen molar-refractivity contribution in [2.75, 3.05) is 11.9 Å². The minimum Gasteiger partial charge on any atom is -0.392 e. The first-order valence-electron chi connectivity index (χ1n) is 7.68. The number of benzene rings is 2. The summed E-state index contributed by atoms with van der Waals surface area (Å²) in [6.07, 6.45) is -0.631. The average molecular weight is 314 g/mol. The fraction of sp³-hybridized carbons (Fsp3) is 0.333. The molecule has 0 saturated heterocycles.